The van der Waals surface area contributed by atoms with Crippen molar-refractivity contribution in [3.8, 4) is 11.5 Å². The van der Waals surface area contributed by atoms with Crippen molar-refractivity contribution in [2.75, 3.05) is 20.4 Å². The lowest BCUT2D eigenvalue weighted by Gasteiger charge is -2.22. The quantitative estimate of drug-likeness (QED) is 0.197. The lowest BCUT2D eigenvalue weighted by atomic mass is 10.1. The lowest BCUT2D eigenvalue weighted by molar-refractivity contribution is 0.0590. The van der Waals surface area contributed by atoms with Gasteiger partial charge in [0.05, 0.1) is 20.4 Å². The Bertz CT molecular complexity index is 876. The summed E-state index contributed by atoms with van der Waals surface area (Å²) in [5.41, 5.74) is 0.283. The zero-order chi connectivity index (χ0) is 23.4. The minimum absolute atomic E-state index is 0.101. The molecule has 0 heterocycles. The number of methoxy groups -OCH3 is 2. The van der Waals surface area contributed by atoms with Gasteiger partial charge in [-0.2, -0.15) is 0 Å². The topological polar surface area (TPSA) is 88.1 Å². The molecule has 0 atom stereocenters. The van der Waals surface area contributed by atoms with Gasteiger partial charge in [0.1, 0.15) is 22.6 Å². The lowest BCUT2D eigenvalue weighted by Crippen LogP contribution is -2.11. The monoisotopic (exact) mass is 462 g/mol. The molecule has 8 heteroatoms. The van der Waals surface area contributed by atoms with E-state index in [0.717, 1.165) is 32.1 Å². The molecule has 174 valence electrons. The van der Waals surface area contributed by atoms with E-state index in [-0.39, 0.29) is 28.8 Å². The number of ether oxygens (including phenoxy) is 2. The van der Waals surface area contributed by atoms with Gasteiger partial charge in [-0.25, -0.2) is 14.2 Å². The van der Waals surface area contributed by atoms with E-state index < -0.39 is 19.5 Å². The summed E-state index contributed by atoms with van der Waals surface area (Å²) < 4.78 is 35.1. The third-order valence-electron chi connectivity index (χ3n) is 4.85. The van der Waals surface area contributed by atoms with Gasteiger partial charge in [0.2, 0.25) is 0 Å². The van der Waals surface area contributed by atoms with E-state index in [1.54, 1.807) is 24.3 Å². The molecular formula is C24H31O7P. The van der Waals surface area contributed by atoms with Crippen LogP contribution < -0.4 is 9.05 Å². The molecule has 0 aromatic heterocycles. The summed E-state index contributed by atoms with van der Waals surface area (Å²) in [6.45, 7) is 2.15. The smallest absolute Gasteiger partial charge is 0.430 e. The highest BCUT2D eigenvalue weighted by atomic mass is 31.2. The van der Waals surface area contributed by atoms with E-state index in [9.17, 15) is 14.2 Å². The van der Waals surface area contributed by atoms with Gasteiger partial charge in [-0.3, -0.25) is 0 Å². The number of hydrogen-bond donors (Lipinski definition) is 0. The molecule has 2 aromatic carbocycles. The third-order valence-corrected chi connectivity index (χ3v) is 6.66. The maximum atomic E-state index is 13.8. The SMILES string of the molecule is CCCCCCCCP(=O)(Oc1ccccc1C(=O)OC)Oc1ccccc1C(=O)OC. The van der Waals surface area contributed by atoms with Crippen LogP contribution in [-0.4, -0.2) is 32.3 Å². The Morgan fingerprint density at radius 2 is 1.16 bits per heavy atom. The number of hydrogen-bond acceptors (Lipinski definition) is 7. The van der Waals surface area contributed by atoms with Crippen LogP contribution in [0.1, 0.15) is 66.2 Å². The van der Waals surface area contributed by atoms with Crippen LogP contribution in [0.4, 0.5) is 0 Å². The van der Waals surface area contributed by atoms with E-state index in [1.807, 2.05) is 0 Å². The molecule has 0 aliphatic carbocycles. The van der Waals surface area contributed by atoms with Crippen LogP contribution in [0.15, 0.2) is 48.5 Å². The highest BCUT2D eigenvalue weighted by Crippen LogP contribution is 2.50. The number of carbonyl (C=O) groups excluding carboxylic acids is 2. The van der Waals surface area contributed by atoms with Crippen LogP contribution in [0.2, 0.25) is 0 Å². The first kappa shape index (κ1) is 25.5. The van der Waals surface area contributed by atoms with Crippen molar-refractivity contribution in [1.29, 1.82) is 0 Å². The Morgan fingerprint density at radius 3 is 1.62 bits per heavy atom. The van der Waals surface area contributed by atoms with Crippen molar-refractivity contribution in [2.45, 2.75) is 45.4 Å². The molecule has 0 bridgehead atoms. The molecule has 0 saturated heterocycles. The molecule has 0 spiro atoms. The number of carbonyl (C=O) groups is 2. The van der Waals surface area contributed by atoms with Crippen molar-refractivity contribution in [3.05, 3.63) is 59.7 Å². The summed E-state index contributed by atoms with van der Waals surface area (Å²) in [5, 5.41) is 0. The van der Waals surface area contributed by atoms with Gasteiger partial charge in [0.25, 0.3) is 0 Å². The Hall–Kier alpha value is -2.79. The maximum absolute atomic E-state index is 13.8. The van der Waals surface area contributed by atoms with Crippen LogP contribution >= 0.6 is 7.60 Å². The molecule has 0 aliphatic rings. The molecule has 0 saturated carbocycles. The Morgan fingerprint density at radius 1 is 0.719 bits per heavy atom. The van der Waals surface area contributed by atoms with Crippen molar-refractivity contribution < 1.29 is 32.7 Å². The van der Waals surface area contributed by atoms with Gasteiger partial charge in [-0.15, -0.1) is 0 Å². The standard InChI is InChI=1S/C24H31O7P/c1-4-5-6-7-8-13-18-32(27,30-21-16-11-9-14-19(21)23(25)28-2)31-22-17-12-10-15-20(22)24(26)29-3/h9-12,14-17H,4-8,13,18H2,1-3H3. The van der Waals surface area contributed by atoms with E-state index in [1.165, 1.54) is 38.5 Å². The highest BCUT2D eigenvalue weighted by molar-refractivity contribution is 7.54. The van der Waals surface area contributed by atoms with Crippen LogP contribution in [-0.2, 0) is 14.0 Å². The normalized spacial score (nSPS) is 11.0. The summed E-state index contributed by atoms with van der Waals surface area (Å²) >= 11 is 0. The van der Waals surface area contributed by atoms with E-state index in [0.29, 0.717) is 6.42 Å². The van der Waals surface area contributed by atoms with Gasteiger partial charge in [0, 0.05) is 0 Å². The van der Waals surface area contributed by atoms with Crippen molar-refractivity contribution in [1.82, 2.24) is 0 Å². The molecule has 0 fully saturated rings. The average molecular weight is 462 g/mol. The van der Waals surface area contributed by atoms with Gasteiger partial charge in [-0.05, 0) is 30.7 Å². The minimum Gasteiger partial charge on any atom is -0.465 e. The highest BCUT2D eigenvalue weighted by Gasteiger charge is 2.31. The van der Waals surface area contributed by atoms with E-state index >= 15 is 0 Å². The predicted octanol–water partition coefficient (Wildman–Crippen LogP) is 6.27. The van der Waals surface area contributed by atoms with E-state index in [4.69, 9.17) is 18.5 Å². The summed E-state index contributed by atoms with van der Waals surface area (Å²) in [7, 11) is -1.26. The summed E-state index contributed by atoms with van der Waals surface area (Å²) in [5.74, 6) is -1.02. The fourth-order valence-electron chi connectivity index (χ4n) is 3.15. The largest absolute Gasteiger partial charge is 0.465 e. The Labute approximate surface area is 189 Å². The molecule has 0 amide bonds. The number of esters is 2. The van der Waals surface area contributed by atoms with Crippen LogP contribution in [0, 0.1) is 0 Å². The number of benzene rings is 2. The zero-order valence-electron chi connectivity index (χ0n) is 18.9. The van der Waals surface area contributed by atoms with Crippen molar-refractivity contribution >= 4 is 19.5 Å². The fraction of sp³-hybridized carbons (Fsp3) is 0.417. The third kappa shape index (κ3) is 7.41. The van der Waals surface area contributed by atoms with Crippen LogP contribution in [0.5, 0.6) is 11.5 Å². The van der Waals surface area contributed by atoms with E-state index in [2.05, 4.69) is 6.92 Å². The summed E-state index contributed by atoms with van der Waals surface area (Å²) in [4.78, 5) is 24.3. The first-order chi connectivity index (χ1) is 15.4. The molecule has 0 unspecified atom stereocenters. The molecule has 0 N–H and O–H groups in total. The molecule has 0 aliphatic heterocycles. The molecule has 0 radical (unpaired) electrons. The summed E-state index contributed by atoms with van der Waals surface area (Å²) in [6, 6.07) is 12.8. The Balaban J connectivity index is 2.30. The molecular weight excluding hydrogens is 431 g/mol. The first-order valence-electron chi connectivity index (χ1n) is 10.8. The van der Waals surface area contributed by atoms with Crippen molar-refractivity contribution in [2.24, 2.45) is 0 Å². The van der Waals surface area contributed by atoms with Gasteiger partial charge in [0.15, 0.2) is 0 Å². The maximum Gasteiger partial charge on any atom is 0.430 e. The van der Waals surface area contributed by atoms with Crippen molar-refractivity contribution in [3.63, 3.8) is 0 Å². The minimum atomic E-state index is -3.79. The number of para-hydroxylation sites is 2. The second kappa shape index (κ2) is 12.9. The van der Waals surface area contributed by atoms with Crippen LogP contribution in [0.3, 0.4) is 0 Å². The number of unbranched alkanes of at least 4 members (excludes halogenated alkanes) is 5. The first-order valence-corrected chi connectivity index (χ1v) is 12.5. The second-order valence-electron chi connectivity index (χ2n) is 7.26. The van der Waals surface area contributed by atoms with Gasteiger partial charge in [-0.1, -0.05) is 63.3 Å². The number of rotatable bonds is 13. The van der Waals surface area contributed by atoms with Gasteiger partial charge >= 0.3 is 19.5 Å². The van der Waals surface area contributed by atoms with Gasteiger partial charge < -0.3 is 18.5 Å². The summed E-state index contributed by atoms with van der Waals surface area (Å²) in [6.07, 6.45) is 6.03. The molecule has 32 heavy (non-hydrogen) atoms. The molecule has 2 aromatic rings. The molecule has 2 rings (SSSR count). The molecule has 7 nitrogen and oxygen atoms in total. The Kier molecular flexibility index (Phi) is 10.3. The average Bonchev–Trinajstić information content (AvgIpc) is 2.81. The van der Waals surface area contributed by atoms with Crippen LogP contribution in [0.25, 0.3) is 0 Å². The second-order valence-corrected chi connectivity index (χ2v) is 9.29. The zero-order valence-corrected chi connectivity index (χ0v) is 19.8. The predicted molar refractivity (Wildman–Crippen MR) is 123 cm³/mol. The fourth-order valence-corrected chi connectivity index (χ4v) is 4.89.